The second kappa shape index (κ2) is 8.63. The molecule has 1 aliphatic heterocycles. The summed E-state index contributed by atoms with van der Waals surface area (Å²) < 4.78 is 16.2. The predicted molar refractivity (Wildman–Crippen MR) is 116 cm³/mol. The Morgan fingerprint density at radius 1 is 0.938 bits per heavy atom. The number of hydrogen-bond donors (Lipinski definition) is 0. The molecule has 7 nitrogen and oxygen atoms in total. The number of anilines is 1. The van der Waals surface area contributed by atoms with E-state index < -0.39 is 12.0 Å². The lowest BCUT2D eigenvalue weighted by Gasteiger charge is -2.38. The van der Waals surface area contributed by atoms with E-state index in [4.69, 9.17) is 14.2 Å². The van der Waals surface area contributed by atoms with E-state index in [9.17, 15) is 14.7 Å². The van der Waals surface area contributed by atoms with Gasteiger partial charge in [-0.2, -0.15) is 0 Å². The number of nitrogens with zero attached hydrogens (tertiary/aromatic N) is 1. The average Bonchev–Trinajstić information content (AvgIpc) is 2.82. The van der Waals surface area contributed by atoms with Gasteiger partial charge in [-0.05, 0) is 58.7 Å². The maximum Gasteiger partial charge on any atom is 0.232 e. The highest BCUT2D eigenvalue weighted by atomic mass is 16.5. The fraction of sp³-hybridized carbons (Fsp3) is 0.200. The summed E-state index contributed by atoms with van der Waals surface area (Å²) in [6, 6.07) is 16.8. The molecule has 0 fully saturated rings. The van der Waals surface area contributed by atoms with E-state index in [2.05, 4.69) is 0 Å². The van der Waals surface area contributed by atoms with Crippen molar-refractivity contribution >= 4 is 17.6 Å². The Labute approximate surface area is 185 Å². The molecule has 1 atom stereocenters. The first-order valence-corrected chi connectivity index (χ1v) is 9.99. The van der Waals surface area contributed by atoms with Crippen LogP contribution in [0.5, 0.6) is 17.2 Å². The second-order valence-corrected chi connectivity index (χ2v) is 7.36. The lowest BCUT2D eigenvalue weighted by Crippen LogP contribution is -2.41. The molecule has 32 heavy (non-hydrogen) atoms. The van der Waals surface area contributed by atoms with Crippen LogP contribution in [0.2, 0.25) is 0 Å². The van der Waals surface area contributed by atoms with Crippen molar-refractivity contribution in [2.45, 2.75) is 12.5 Å². The Kier molecular flexibility index (Phi) is 5.73. The normalized spacial score (nSPS) is 15.2. The van der Waals surface area contributed by atoms with Gasteiger partial charge in [-0.25, -0.2) is 0 Å². The van der Waals surface area contributed by atoms with Gasteiger partial charge in [0.1, 0.15) is 5.75 Å². The summed E-state index contributed by atoms with van der Waals surface area (Å²) in [5.41, 5.74) is 3.00. The van der Waals surface area contributed by atoms with Gasteiger partial charge in [0.15, 0.2) is 11.5 Å². The van der Waals surface area contributed by atoms with Crippen LogP contribution in [-0.2, 0) is 11.2 Å². The number of rotatable bonds is 6. The van der Waals surface area contributed by atoms with Crippen molar-refractivity contribution in [1.29, 1.82) is 0 Å². The molecule has 164 valence electrons. The van der Waals surface area contributed by atoms with Crippen molar-refractivity contribution in [3.63, 3.8) is 0 Å². The molecule has 3 aromatic carbocycles. The summed E-state index contributed by atoms with van der Waals surface area (Å²) in [6.45, 7) is 0. The van der Waals surface area contributed by atoms with Crippen molar-refractivity contribution < 1.29 is 28.9 Å². The van der Waals surface area contributed by atoms with Gasteiger partial charge < -0.3 is 29.0 Å². The zero-order valence-electron chi connectivity index (χ0n) is 18.0. The second-order valence-electron chi connectivity index (χ2n) is 7.36. The van der Waals surface area contributed by atoms with Crippen LogP contribution in [0.15, 0.2) is 60.7 Å². The SMILES string of the molecule is COc1ccc([C@H]2c3cc(OC)c(OC)cc3CC(=O)N2c2cccc(C(=O)[O-])c2)cc1. The third-order valence-corrected chi connectivity index (χ3v) is 5.60. The monoisotopic (exact) mass is 432 g/mol. The molecule has 0 aliphatic carbocycles. The standard InChI is InChI=1S/C25H23NO6/c1-30-19-9-7-15(8-10-19)24-20-14-22(32-3)21(31-2)12-17(20)13-23(27)26(24)18-6-4-5-16(11-18)25(28)29/h4-12,14,24H,13H2,1-3H3,(H,28,29)/p-1/t24-/m0/s1. The van der Waals surface area contributed by atoms with E-state index in [0.29, 0.717) is 22.9 Å². The number of fused-ring (bicyclic) bond motifs is 1. The number of aromatic carboxylic acids is 1. The van der Waals surface area contributed by atoms with E-state index in [1.807, 2.05) is 36.4 Å². The molecule has 0 radical (unpaired) electrons. The van der Waals surface area contributed by atoms with Gasteiger partial charge >= 0.3 is 0 Å². The molecule has 0 bridgehead atoms. The van der Waals surface area contributed by atoms with Crippen LogP contribution in [-0.4, -0.2) is 33.2 Å². The summed E-state index contributed by atoms with van der Waals surface area (Å²) in [5.74, 6) is 0.307. The van der Waals surface area contributed by atoms with Crippen molar-refractivity contribution in [2.75, 3.05) is 26.2 Å². The van der Waals surface area contributed by atoms with Crippen LogP contribution in [0.3, 0.4) is 0 Å². The molecule has 1 amide bonds. The Morgan fingerprint density at radius 3 is 2.25 bits per heavy atom. The Bertz CT molecular complexity index is 1170. The minimum absolute atomic E-state index is 0.00175. The number of carboxylic acid groups (broad SMARTS) is 1. The van der Waals surface area contributed by atoms with Gasteiger partial charge in [-0.15, -0.1) is 0 Å². The number of methoxy groups -OCH3 is 3. The summed E-state index contributed by atoms with van der Waals surface area (Å²) in [7, 11) is 4.69. The van der Waals surface area contributed by atoms with Crippen molar-refractivity contribution in [1.82, 2.24) is 0 Å². The highest BCUT2D eigenvalue weighted by Crippen LogP contribution is 2.43. The Balaban J connectivity index is 1.93. The molecule has 0 unspecified atom stereocenters. The number of benzene rings is 3. The van der Waals surface area contributed by atoms with Crippen molar-refractivity contribution in [3.8, 4) is 17.2 Å². The highest BCUT2D eigenvalue weighted by Gasteiger charge is 2.36. The molecule has 0 aromatic heterocycles. The zero-order chi connectivity index (χ0) is 22.8. The largest absolute Gasteiger partial charge is 0.545 e. The van der Waals surface area contributed by atoms with Crippen molar-refractivity contribution in [2.24, 2.45) is 0 Å². The lowest BCUT2D eigenvalue weighted by molar-refractivity contribution is -0.255. The van der Waals surface area contributed by atoms with Crippen LogP contribution in [0.1, 0.15) is 33.1 Å². The fourth-order valence-electron chi connectivity index (χ4n) is 4.07. The first-order chi connectivity index (χ1) is 15.5. The first kappa shape index (κ1) is 21.2. The van der Waals surface area contributed by atoms with Crippen LogP contribution in [0, 0.1) is 0 Å². The molecule has 0 spiro atoms. The van der Waals surface area contributed by atoms with E-state index in [1.165, 1.54) is 12.1 Å². The average molecular weight is 432 g/mol. The Hall–Kier alpha value is -4.00. The van der Waals surface area contributed by atoms with E-state index in [0.717, 1.165) is 16.7 Å². The maximum absolute atomic E-state index is 13.4. The number of carboxylic acids is 1. The van der Waals surface area contributed by atoms with Crippen LogP contribution >= 0.6 is 0 Å². The molecular formula is C25H22NO6-. The third-order valence-electron chi connectivity index (χ3n) is 5.60. The molecule has 1 heterocycles. The van der Waals surface area contributed by atoms with Crippen molar-refractivity contribution in [3.05, 3.63) is 82.9 Å². The smallest absolute Gasteiger partial charge is 0.232 e. The molecular weight excluding hydrogens is 410 g/mol. The number of hydrogen-bond acceptors (Lipinski definition) is 6. The topological polar surface area (TPSA) is 88.1 Å². The zero-order valence-corrected chi connectivity index (χ0v) is 18.0. The predicted octanol–water partition coefficient (Wildman–Crippen LogP) is 2.75. The van der Waals surface area contributed by atoms with Gasteiger partial charge in [0.2, 0.25) is 5.91 Å². The number of ether oxygens (including phenoxy) is 3. The molecule has 0 saturated heterocycles. The van der Waals surface area contributed by atoms with E-state index >= 15 is 0 Å². The van der Waals surface area contributed by atoms with Gasteiger partial charge in [0, 0.05) is 5.69 Å². The maximum atomic E-state index is 13.4. The van der Waals surface area contributed by atoms with Gasteiger partial charge in [0.25, 0.3) is 0 Å². The first-order valence-electron chi connectivity index (χ1n) is 9.99. The number of carbonyl (C=O) groups excluding carboxylic acids is 2. The summed E-state index contributed by atoms with van der Waals surface area (Å²) in [6.07, 6.45) is 0.137. The van der Waals surface area contributed by atoms with E-state index in [-0.39, 0.29) is 17.9 Å². The third kappa shape index (κ3) is 3.73. The summed E-state index contributed by atoms with van der Waals surface area (Å²) >= 11 is 0. The lowest BCUT2D eigenvalue weighted by atomic mass is 9.86. The quantitative estimate of drug-likeness (QED) is 0.595. The molecule has 7 heteroatoms. The number of carbonyl (C=O) groups is 2. The van der Waals surface area contributed by atoms with Crippen LogP contribution < -0.4 is 24.2 Å². The van der Waals surface area contributed by atoms with Crippen LogP contribution in [0.4, 0.5) is 5.69 Å². The Morgan fingerprint density at radius 2 is 1.62 bits per heavy atom. The summed E-state index contributed by atoms with van der Waals surface area (Å²) in [4.78, 5) is 26.4. The van der Waals surface area contributed by atoms with Gasteiger partial charge in [0.05, 0.1) is 39.8 Å². The van der Waals surface area contributed by atoms with E-state index in [1.54, 1.807) is 38.4 Å². The molecule has 3 aromatic rings. The minimum atomic E-state index is -1.30. The van der Waals surface area contributed by atoms with Gasteiger partial charge in [-0.3, -0.25) is 4.79 Å². The summed E-state index contributed by atoms with van der Waals surface area (Å²) in [5, 5.41) is 11.4. The molecule has 0 N–H and O–H groups in total. The van der Waals surface area contributed by atoms with Gasteiger partial charge in [-0.1, -0.05) is 24.3 Å². The molecule has 0 saturated carbocycles. The molecule has 4 rings (SSSR count). The van der Waals surface area contributed by atoms with Crippen LogP contribution in [0.25, 0.3) is 0 Å². The number of amides is 1. The minimum Gasteiger partial charge on any atom is -0.545 e. The molecule has 1 aliphatic rings. The highest BCUT2D eigenvalue weighted by molar-refractivity contribution is 5.99. The fourth-order valence-corrected chi connectivity index (χ4v) is 4.07.